The molecule has 0 saturated carbocycles. The molecule has 45 heavy (non-hydrogen) atoms. The van der Waals surface area contributed by atoms with Crippen LogP contribution in [0.15, 0.2) is 112 Å². The first-order valence-corrected chi connectivity index (χ1v) is 17.3. The number of hydrogen-bond acceptors (Lipinski definition) is 4. The number of halogens is 2. The van der Waals surface area contributed by atoms with E-state index in [-0.39, 0.29) is 29.7 Å². The van der Waals surface area contributed by atoms with Crippen LogP contribution in [0.25, 0.3) is 0 Å². The fraction of sp³-hybridized carbons (Fsp3) is 0.257. The third-order valence-electron chi connectivity index (χ3n) is 7.18. The lowest BCUT2D eigenvalue weighted by atomic mass is 10.0. The van der Waals surface area contributed by atoms with Gasteiger partial charge in [0.1, 0.15) is 12.6 Å². The van der Waals surface area contributed by atoms with Crippen molar-refractivity contribution < 1.29 is 18.0 Å². The highest BCUT2D eigenvalue weighted by Gasteiger charge is 2.34. The number of benzene rings is 4. The largest absolute Gasteiger partial charge is 0.354 e. The summed E-state index contributed by atoms with van der Waals surface area (Å²) in [7, 11) is -4.18. The molecule has 0 unspecified atom stereocenters. The summed E-state index contributed by atoms with van der Waals surface area (Å²) in [6, 6.07) is 28.9. The second-order valence-electron chi connectivity index (χ2n) is 11.3. The zero-order valence-electron chi connectivity index (χ0n) is 25.5. The number of rotatable bonds is 13. The van der Waals surface area contributed by atoms with Crippen LogP contribution in [0.2, 0.25) is 5.02 Å². The van der Waals surface area contributed by atoms with Gasteiger partial charge < -0.3 is 10.2 Å². The van der Waals surface area contributed by atoms with Crippen LogP contribution in [0.5, 0.6) is 0 Å². The van der Waals surface area contributed by atoms with Gasteiger partial charge in [-0.05, 0) is 66.4 Å². The number of hydrogen-bond donors (Lipinski definition) is 1. The Labute approximate surface area is 279 Å². The Morgan fingerprint density at radius 1 is 0.867 bits per heavy atom. The number of anilines is 1. The van der Waals surface area contributed by atoms with Crippen LogP contribution in [0.1, 0.15) is 30.5 Å². The van der Waals surface area contributed by atoms with Crippen LogP contribution in [0.3, 0.4) is 0 Å². The maximum Gasteiger partial charge on any atom is 0.264 e. The van der Waals surface area contributed by atoms with E-state index in [2.05, 4.69) is 21.2 Å². The van der Waals surface area contributed by atoms with Gasteiger partial charge >= 0.3 is 0 Å². The Kier molecular flexibility index (Phi) is 11.8. The van der Waals surface area contributed by atoms with E-state index in [0.29, 0.717) is 27.3 Å². The van der Waals surface area contributed by atoms with Gasteiger partial charge in [-0.1, -0.05) is 108 Å². The molecule has 0 aliphatic heterocycles. The van der Waals surface area contributed by atoms with E-state index in [4.69, 9.17) is 11.6 Å². The van der Waals surface area contributed by atoms with E-state index in [1.165, 1.54) is 17.0 Å². The molecule has 0 aliphatic carbocycles. The molecule has 4 aromatic carbocycles. The smallest absolute Gasteiger partial charge is 0.264 e. The summed E-state index contributed by atoms with van der Waals surface area (Å²) in [5.74, 6) is -0.667. The molecule has 0 bridgehead atoms. The normalized spacial score (nSPS) is 12.0. The maximum absolute atomic E-state index is 14.5. The molecular formula is C35H37BrClN3O4S. The molecule has 1 atom stereocenters. The van der Waals surface area contributed by atoms with Gasteiger partial charge in [0.15, 0.2) is 0 Å². The minimum absolute atomic E-state index is 0.0445. The third kappa shape index (κ3) is 9.42. The standard InChI is InChI=1S/C35H37BrClN3O4S/c1-25(2)22-38-35(42)33(20-27-9-5-4-6-10-27)39(23-28-11-7-13-30(37)19-28)34(41)24-40(31-14-8-12-29(36)21-31)45(43,44)32-17-15-26(3)16-18-32/h4-19,21,25,33H,20,22-24H2,1-3H3,(H,38,42)/t33-/m1/s1. The quantitative estimate of drug-likeness (QED) is 0.162. The summed E-state index contributed by atoms with van der Waals surface area (Å²) < 4.78 is 30.0. The molecule has 10 heteroatoms. The summed E-state index contributed by atoms with van der Waals surface area (Å²) >= 11 is 9.74. The van der Waals surface area contributed by atoms with Gasteiger partial charge in [0.2, 0.25) is 11.8 Å². The van der Waals surface area contributed by atoms with Gasteiger partial charge in [0.25, 0.3) is 10.0 Å². The van der Waals surface area contributed by atoms with Crippen LogP contribution >= 0.6 is 27.5 Å². The van der Waals surface area contributed by atoms with Crippen LogP contribution < -0.4 is 9.62 Å². The summed E-state index contributed by atoms with van der Waals surface area (Å²) in [6.45, 7) is 5.80. The number of carbonyl (C=O) groups excluding carboxylic acids is 2. The monoisotopic (exact) mass is 709 g/mol. The van der Waals surface area contributed by atoms with Gasteiger partial charge in [0, 0.05) is 29.0 Å². The highest BCUT2D eigenvalue weighted by atomic mass is 79.9. The zero-order valence-corrected chi connectivity index (χ0v) is 28.6. The van der Waals surface area contributed by atoms with Gasteiger partial charge in [-0.3, -0.25) is 13.9 Å². The highest BCUT2D eigenvalue weighted by molar-refractivity contribution is 9.10. The van der Waals surface area contributed by atoms with E-state index in [0.717, 1.165) is 15.4 Å². The third-order valence-corrected chi connectivity index (χ3v) is 9.70. The van der Waals surface area contributed by atoms with Crippen LogP contribution in [-0.2, 0) is 32.6 Å². The van der Waals surface area contributed by atoms with Crippen LogP contribution in [0, 0.1) is 12.8 Å². The van der Waals surface area contributed by atoms with Crippen molar-refractivity contribution in [3.8, 4) is 0 Å². The van der Waals surface area contributed by atoms with E-state index in [9.17, 15) is 18.0 Å². The van der Waals surface area contributed by atoms with Crippen molar-refractivity contribution in [1.29, 1.82) is 0 Å². The Hall–Kier alpha value is -3.66. The van der Waals surface area contributed by atoms with Crippen LogP contribution in [-0.4, -0.2) is 44.3 Å². The van der Waals surface area contributed by atoms with Gasteiger partial charge in [0.05, 0.1) is 10.6 Å². The Morgan fingerprint density at radius 2 is 1.53 bits per heavy atom. The summed E-state index contributed by atoms with van der Waals surface area (Å²) in [5, 5.41) is 3.48. The molecule has 2 amide bonds. The molecule has 4 aromatic rings. The average molecular weight is 711 g/mol. The van der Waals surface area contributed by atoms with E-state index in [1.54, 1.807) is 54.6 Å². The number of nitrogens with zero attached hydrogens (tertiary/aromatic N) is 2. The molecule has 0 saturated heterocycles. The fourth-order valence-corrected chi connectivity index (χ4v) is 6.81. The van der Waals surface area contributed by atoms with Crippen molar-refractivity contribution in [2.45, 2.75) is 44.7 Å². The second kappa shape index (κ2) is 15.6. The molecule has 0 heterocycles. The molecule has 0 aromatic heterocycles. The highest BCUT2D eigenvalue weighted by Crippen LogP contribution is 2.28. The maximum atomic E-state index is 14.5. The average Bonchev–Trinajstić information content (AvgIpc) is 3.01. The molecule has 0 fully saturated rings. The minimum atomic E-state index is -4.18. The Bertz CT molecular complexity index is 1720. The lowest BCUT2D eigenvalue weighted by Gasteiger charge is -2.34. The number of aryl methyl sites for hydroxylation is 1. The van der Waals surface area contributed by atoms with E-state index >= 15 is 0 Å². The van der Waals surface area contributed by atoms with Crippen molar-refractivity contribution in [2.75, 3.05) is 17.4 Å². The number of amides is 2. The molecule has 0 spiro atoms. The van der Waals surface area contributed by atoms with E-state index < -0.39 is 28.5 Å². The van der Waals surface area contributed by atoms with Crippen molar-refractivity contribution >= 4 is 55.1 Å². The minimum Gasteiger partial charge on any atom is -0.354 e. The topological polar surface area (TPSA) is 86.8 Å². The molecule has 1 N–H and O–H groups in total. The Balaban J connectivity index is 1.80. The summed E-state index contributed by atoms with van der Waals surface area (Å²) in [5.41, 5.74) is 2.79. The first kappa shape index (κ1) is 34.2. The summed E-state index contributed by atoms with van der Waals surface area (Å²) in [4.78, 5) is 29.9. The molecule has 236 valence electrons. The molecule has 4 rings (SSSR count). The van der Waals surface area contributed by atoms with Crippen molar-refractivity contribution in [3.05, 3.63) is 129 Å². The SMILES string of the molecule is Cc1ccc(S(=O)(=O)N(CC(=O)N(Cc2cccc(Cl)c2)[C@H](Cc2ccccc2)C(=O)NCC(C)C)c2cccc(Br)c2)cc1. The van der Waals surface area contributed by atoms with Crippen molar-refractivity contribution in [1.82, 2.24) is 10.2 Å². The first-order valence-electron chi connectivity index (χ1n) is 14.6. The fourth-order valence-electron chi connectivity index (χ4n) is 4.81. The first-order chi connectivity index (χ1) is 21.4. The van der Waals surface area contributed by atoms with E-state index in [1.807, 2.05) is 57.2 Å². The second-order valence-corrected chi connectivity index (χ2v) is 14.5. The number of sulfonamides is 1. The van der Waals surface area contributed by atoms with Crippen LogP contribution in [0.4, 0.5) is 5.69 Å². The number of nitrogens with one attached hydrogen (secondary N) is 1. The molecular weight excluding hydrogens is 674 g/mol. The Morgan fingerprint density at radius 3 is 2.18 bits per heavy atom. The number of carbonyl (C=O) groups is 2. The molecule has 7 nitrogen and oxygen atoms in total. The van der Waals surface area contributed by atoms with Crippen molar-refractivity contribution in [3.63, 3.8) is 0 Å². The van der Waals surface area contributed by atoms with Gasteiger partial charge in [-0.15, -0.1) is 0 Å². The predicted octanol–water partition coefficient (Wildman–Crippen LogP) is 7.02. The lowest BCUT2D eigenvalue weighted by Crippen LogP contribution is -2.53. The zero-order chi connectivity index (χ0) is 32.6. The predicted molar refractivity (Wildman–Crippen MR) is 184 cm³/mol. The molecule has 0 aliphatic rings. The van der Waals surface area contributed by atoms with Gasteiger partial charge in [-0.2, -0.15) is 0 Å². The van der Waals surface area contributed by atoms with Gasteiger partial charge in [-0.25, -0.2) is 8.42 Å². The molecule has 0 radical (unpaired) electrons. The van der Waals surface area contributed by atoms with Crippen molar-refractivity contribution in [2.24, 2.45) is 5.92 Å². The lowest BCUT2D eigenvalue weighted by molar-refractivity contribution is -0.140. The summed E-state index contributed by atoms with van der Waals surface area (Å²) in [6.07, 6.45) is 0.235.